The highest BCUT2D eigenvalue weighted by atomic mass is 16.7. The summed E-state index contributed by atoms with van der Waals surface area (Å²) >= 11 is 0. The Labute approximate surface area is 376 Å². The lowest BCUT2D eigenvalue weighted by Crippen LogP contribution is -2.63. The molecule has 0 unspecified atom stereocenters. The number of aryl methyl sites for hydroxylation is 2. The summed E-state index contributed by atoms with van der Waals surface area (Å²) in [6.07, 6.45) is -4.03. The van der Waals surface area contributed by atoms with Gasteiger partial charge < -0.3 is 33.2 Å². The Morgan fingerprint density at radius 1 is 0.492 bits per heavy atom. The molecule has 12 heteroatoms. The topological polar surface area (TPSA) is 150 Å². The van der Waals surface area contributed by atoms with Gasteiger partial charge in [0.2, 0.25) is 12.4 Å². The van der Waals surface area contributed by atoms with E-state index >= 15 is 0 Å². The standard InChI is InChI=1S/C53H46O12/c54-41-24-14-13-15-36-28-32-43(44(33-36)60-42-30-26-35(25-29-41)27-31-42)61-53-48(65-52(58)40-22-11-4-12-23-40)47(64-51(57)39-20-9-3-10-21-39)46(63-50(56)38-18-7-2-8-19-38)45(62-53)34-59-49(55)37-16-5-1-6-17-37/h1-12,16-23,26-28,30-33,45-48,53H,13-15,24-25,29,34H2/t45-,46-,47+,48-,53-/m1/s1. The second-order valence-corrected chi connectivity index (χ2v) is 15.6. The number of ketones is 1. The van der Waals surface area contributed by atoms with Crippen LogP contribution in [0.4, 0.5) is 0 Å². The van der Waals surface area contributed by atoms with Crippen molar-refractivity contribution in [3.63, 3.8) is 0 Å². The highest BCUT2D eigenvalue weighted by molar-refractivity contribution is 5.91. The third-order valence-electron chi connectivity index (χ3n) is 11.0. The lowest BCUT2D eigenvalue weighted by Gasteiger charge is -2.44. The summed E-state index contributed by atoms with van der Waals surface area (Å²) in [5, 5.41) is 0. The molecule has 0 amide bonds. The molecule has 3 heterocycles. The smallest absolute Gasteiger partial charge is 0.338 e. The van der Waals surface area contributed by atoms with E-state index in [1.807, 2.05) is 24.3 Å². The number of fused-ring (bicyclic) bond motifs is 8. The molecule has 5 atom stereocenters. The van der Waals surface area contributed by atoms with Crippen LogP contribution in [0.5, 0.6) is 17.2 Å². The lowest BCUT2D eigenvalue weighted by molar-refractivity contribution is -0.275. The van der Waals surface area contributed by atoms with E-state index in [0.717, 1.165) is 24.0 Å². The monoisotopic (exact) mass is 874 g/mol. The largest absolute Gasteiger partial charge is 0.459 e. The van der Waals surface area contributed by atoms with Crippen molar-refractivity contribution in [3.05, 3.63) is 197 Å². The second kappa shape index (κ2) is 21.2. The van der Waals surface area contributed by atoms with Crippen molar-refractivity contribution in [1.29, 1.82) is 0 Å². The zero-order valence-corrected chi connectivity index (χ0v) is 35.3. The van der Waals surface area contributed by atoms with Gasteiger partial charge in [0.05, 0.1) is 22.3 Å². The molecule has 0 spiro atoms. The molecule has 3 aliphatic heterocycles. The molecular formula is C53H46O12. The summed E-state index contributed by atoms with van der Waals surface area (Å²) in [4.78, 5) is 68.1. The minimum Gasteiger partial charge on any atom is -0.459 e. The highest BCUT2D eigenvalue weighted by Crippen LogP contribution is 2.38. The molecule has 4 bridgehead atoms. The van der Waals surface area contributed by atoms with Crippen LogP contribution in [0.25, 0.3) is 0 Å². The van der Waals surface area contributed by atoms with E-state index in [9.17, 15) is 24.0 Å². The van der Waals surface area contributed by atoms with Gasteiger partial charge in [-0.3, -0.25) is 4.79 Å². The number of Topliss-reactive ketones (excluding diaryl/α,β-unsaturated/α-hetero) is 1. The summed E-state index contributed by atoms with van der Waals surface area (Å²) in [5.74, 6) is -2.01. The van der Waals surface area contributed by atoms with Crippen LogP contribution in [0.2, 0.25) is 0 Å². The first-order valence-corrected chi connectivity index (χ1v) is 21.5. The first-order chi connectivity index (χ1) is 31.8. The molecule has 65 heavy (non-hydrogen) atoms. The van der Waals surface area contributed by atoms with Crippen molar-refractivity contribution in [2.24, 2.45) is 0 Å². The van der Waals surface area contributed by atoms with Gasteiger partial charge in [0.15, 0.2) is 23.7 Å². The number of carbonyl (C=O) groups excluding carboxylic acids is 5. The second-order valence-electron chi connectivity index (χ2n) is 15.6. The van der Waals surface area contributed by atoms with Gasteiger partial charge in [-0.05, 0) is 110 Å². The predicted molar refractivity (Wildman–Crippen MR) is 237 cm³/mol. The summed E-state index contributed by atoms with van der Waals surface area (Å²) in [5.41, 5.74) is 2.64. The van der Waals surface area contributed by atoms with Gasteiger partial charge in [-0.15, -0.1) is 0 Å². The van der Waals surface area contributed by atoms with Crippen LogP contribution in [0.1, 0.15) is 78.2 Å². The molecule has 0 N–H and O–H groups in total. The zero-order chi connectivity index (χ0) is 45.0. The van der Waals surface area contributed by atoms with Crippen LogP contribution >= 0.6 is 0 Å². The Morgan fingerprint density at radius 3 is 1.55 bits per heavy atom. The van der Waals surface area contributed by atoms with Crippen LogP contribution in [-0.2, 0) is 41.3 Å². The molecule has 1 saturated heterocycles. The minimum absolute atomic E-state index is 0.154. The van der Waals surface area contributed by atoms with Crippen molar-refractivity contribution in [1.82, 2.24) is 0 Å². The van der Waals surface area contributed by atoms with E-state index in [-0.39, 0.29) is 33.8 Å². The van der Waals surface area contributed by atoms with E-state index in [1.54, 1.807) is 140 Å². The van der Waals surface area contributed by atoms with Crippen molar-refractivity contribution >= 4 is 29.7 Å². The van der Waals surface area contributed by atoms with Gasteiger partial charge in [-0.2, -0.15) is 0 Å². The first kappa shape index (κ1) is 44.1. The van der Waals surface area contributed by atoms with E-state index in [0.29, 0.717) is 37.2 Å². The maximum atomic E-state index is 14.1. The van der Waals surface area contributed by atoms with E-state index < -0.39 is 61.2 Å². The quantitative estimate of drug-likeness (QED) is 0.0902. The fourth-order valence-corrected chi connectivity index (χ4v) is 7.54. The van der Waals surface area contributed by atoms with Gasteiger partial charge in [-0.25, -0.2) is 19.2 Å². The van der Waals surface area contributed by atoms with Gasteiger partial charge in [0.25, 0.3) is 0 Å². The molecule has 9 rings (SSSR count). The van der Waals surface area contributed by atoms with Gasteiger partial charge in [0.1, 0.15) is 24.2 Å². The van der Waals surface area contributed by atoms with Crippen LogP contribution in [0.15, 0.2) is 164 Å². The van der Waals surface area contributed by atoms with Gasteiger partial charge in [-0.1, -0.05) is 91.0 Å². The number of carbonyl (C=O) groups is 5. The van der Waals surface area contributed by atoms with E-state index in [1.165, 1.54) is 0 Å². The van der Waals surface area contributed by atoms with E-state index in [4.69, 9.17) is 33.2 Å². The van der Waals surface area contributed by atoms with Crippen molar-refractivity contribution in [2.45, 2.75) is 69.2 Å². The number of rotatable bonds is 11. The molecular weight excluding hydrogens is 829 g/mol. The molecule has 0 radical (unpaired) electrons. The first-order valence-electron chi connectivity index (χ1n) is 21.5. The average molecular weight is 875 g/mol. The van der Waals surface area contributed by atoms with Crippen molar-refractivity contribution in [3.8, 4) is 17.2 Å². The predicted octanol–water partition coefficient (Wildman–Crippen LogP) is 9.34. The van der Waals surface area contributed by atoms with Crippen LogP contribution in [0.3, 0.4) is 0 Å². The third kappa shape index (κ3) is 11.5. The zero-order valence-electron chi connectivity index (χ0n) is 35.3. The SMILES string of the molecule is O=C1CCCCc2ccc(O[C@@H]3O[C@H](COC(=O)c4ccccc4)[C@@H](OC(=O)c4ccccc4)[C@H](OC(=O)c4ccccc4)[C@H]3OC(=O)c3ccccc3)c(c2)Oc2ccc(cc2)CC1. The van der Waals surface area contributed by atoms with E-state index in [2.05, 4.69) is 0 Å². The summed E-state index contributed by atoms with van der Waals surface area (Å²) < 4.78 is 44.2. The summed E-state index contributed by atoms with van der Waals surface area (Å²) in [7, 11) is 0. The van der Waals surface area contributed by atoms with Crippen LogP contribution < -0.4 is 9.47 Å². The lowest BCUT2D eigenvalue weighted by atomic mass is 9.97. The molecule has 6 aromatic rings. The van der Waals surface area contributed by atoms with Crippen LogP contribution in [0, 0.1) is 0 Å². The fraction of sp³-hybridized carbons (Fsp3) is 0.226. The maximum Gasteiger partial charge on any atom is 0.338 e. The Bertz CT molecular complexity index is 2570. The maximum absolute atomic E-state index is 14.1. The Kier molecular flexibility index (Phi) is 14.4. The molecule has 330 valence electrons. The average Bonchev–Trinajstić information content (AvgIpc) is 3.35. The number of hydrogen-bond acceptors (Lipinski definition) is 12. The Morgan fingerprint density at radius 2 is 0.985 bits per heavy atom. The number of ether oxygens (including phenoxy) is 7. The van der Waals surface area contributed by atoms with Gasteiger partial charge in [0, 0.05) is 12.8 Å². The molecule has 0 saturated carbocycles. The Balaban J connectivity index is 1.21. The highest BCUT2D eigenvalue weighted by Gasteiger charge is 2.54. The Hall–Kier alpha value is -7.57. The molecule has 12 nitrogen and oxygen atoms in total. The minimum atomic E-state index is -1.62. The number of benzene rings is 6. The van der Waals surface area contributed by atoms with Crippen molar-refractivity contribution < 1.29 is 57.1 Å². The third-order valence-corrected chi connectivity index (χ3v) is 11.0. The van der Waals surface area contributed by atoms with Gasteiger partial charge >= 0.3 is 23.9 Å². The molecule has 3 aliphatic rings. The number of esters is 4. The normalized spacial score (nSPS) is 19.6. The molecule has 6 aromatic carbocycles. The summed E-state index contributed by atoms with van der Waals surface area (Å²) in [6, 6.07) is 45.5. The molecule has 0 aromatic heterocycles. The fourth-order valence-electron chi connectivity index (χ4n) is 7.54. The molecule has 1 fully saturated rings. The van der Waals surface area contributed by atoms with Crippen molar-refractivity contribution in [2.75, 3.05) is 6.61 Å². The number of hydrogen-bond donors (Lipinski definition) is 0. The van der Waals surface area contributed by atoms with Crippen LogP contribution in [-0.4, -0.2) is 67.0 Å². The molecule has 0 aliphatic carbocycles. The summed E-state index contributed by atoms with van der Waals surface area (Å²) in [6.45, 7) is -0.518.